The number of nitro groups is 1. The van der Waals surface area contributed by atoms with Crippen molar-refractivity contribution >= 4 is 33.2 Å². The van der Waals surface area contributed by atoms with E-state index in [1.807, 2.05) is 0 Å². The summed E-state index contributed by atoms with van der Waals surface area (Å²) in [5, 5.41) is 11.5. The SMILES string of the molecule is NN(C(=O)c1ccccc1Br)c1ccc([N+](=O)[O-])cc1. The normalized spacial score (nSPS) is 10.1. The van der Waals surface area contributed by atoms with Crippen LogP contribution in [0.25, 0.3) is 0 Å². The van der Waals surface area contributed by atoms with Gasteiger partial charge in [0, 0.05) is 16.6 Å². The molecule has 102 valence electrons. The molecule has 2 aromatic rings. The lowest BCUT2D eigenvalue weighted by atomic mass is 10.2. The average molecular weight is 336 g/mol. The Morgan fingerprint density at radius 1 is 1.15 bits per heavy atom. The van der Waals surface area contributed by atoms with E-state index in [4.69, 9.17) is 5.84 Å². The number of rotatable bonds is 3. The first kappa shape index (κ1) is 14.2. The van der Waals surface area contributed by atoms with Crippen LogP contribution in [0, 0.1) is 10.1 Å². The first-order chi connectivity index (χ1) is 9.50. The standard InChI is InChI=1S/C13H10BrN3O3/c14-12-4-2-1-3-11(12)13(18)16(15)9-5-7-10(8-6-9)17(19)20/h1-8H,15H2. The van der Waals surface area contributed by atoms with Crippen LogP contribution in [0.1, 0.15) is 10.4 Å². The van der Waals surface area contributed by atoms with Gasteiger partial charge in [-0.3, -0.25) is 14.9 Å². The molecule has 2 N–H and O–H groups in total. The number of nitrogens with two attached hydrogens (primary N) is 1. The summed E-state index contributed by atoms with van der Waals surface area (Å²) >= 11 is 3.28. The molecule has 7 heteroatoms. The molecule has 0 saturated heterocycles. The molecule has 20 heavy (non-hydrogen) atoms. The Bertz CT molecular complexity index is 658. The van der Waals surface area contributed by atoms with E-state index in [2.05, 4.69) is 15.9 Å². The molecule has 0 aromatic heterocycles. The van der Waals surface area contributed by atoms with Crippen LogP contribution >= 0.6 is 15.9 Å². The number of hydrazine groups is 1. The van der Waals surface area contributed by atoms with Gasteiger partial charge in [-0.15, -0.1) is 0 Å². The van der Waals surface area contributed by atoms with Gasteiger partial charge in [-0.25, -0.2) is 10.9 Å². The van der Waals surface area contributed by atoms with E-state index in [9.17, 15) is 14.9 Å². The van der Waals surface area contributed by atoms with Gasteiger partial charge in [-0.2, -0.15) is 0 Å². The summed E-state index contributed by atoms with van der Waals surface area (Å²) in [5.41, 5.74) is 0.722. The van der Waals surface area contributed by atoms with Gasteiger partial charge in [0.25, 0.3) is 11.6 Å². The summed E-state index contributed by atoms with van der Waals surface area (Å²) in [4.78, 5) is 22.3. The number of carbonyl (C=O) groups is 1. The Balaban J connectivity index is 2.27. The molecule has 0 saturated carbocycles. The van der Waals surface area contributed by atoms with Crippen molar-refractivity contribution in [1.82, 2.24) is 0 Å². The Morgan fingerprint density at radius 2 is 1.75 bits per heavy atom. The minimum Gasteiger partial charge on any atom is -0.267 e. The van der Waals surface area contributed by atoms with Gasteiger partial charge in [0.1, 0.15) is 0 Å². The minimum absolute atomic E-state index is 0.0597. The molecule has 0 atom stereocenters. The van der Waals surface area contributed by atoms with Gasteiger partial charge >= 0.3 is 0 Å². The van der Waals surface area contributed by atoms with E-state index in [1.54, 1.807) is 24.3 Å². The molecule has 2 aromatic carbocycles. The molecule has 0 unspecified atom stereocenters. The van der Waals surface area contributed by atoms with Gasteiger partial charge in [0.2, 0.25) is 0 Å². The van der Waals surface area contributed by atoms with Crippen LogP contribution in [-0.4, -0.2) is 10.8 Å². The second-order valence-corrected chi connectivity index (χ2v) is 4.78. The number of hydrogen-bond donors (Lipinski definition) is 1. The smallest absolute Gasteiger partial charge is 0.267 e. The van der Waals surface area contributed by atoms with Crippen LogP contribution < -0.4 is 10.9 Å². The number of nitro benzene ring substituents is 1. The first-order valence-corrected chi connectivity index (χ1v) is 6.38. The van der Waals surface area contributed by atoms with E-state index in [0.29, 0.717) is 15.7 Å². The number of benzene rings is 2. The zero-order chi connectivity index (χ0) is 14.7. The maximum Gasteiger partial charge on any atom is 0.273 e. The van der Waals surface area contributed by atoms with Crippen LogP contribution in [0.2, 0.25) is 0 Å². The maximum atomic E-state index is 12.2. The Morgan fingerprint density at radius 3 is 2.30 bits per heavy atom. The van der Waals surface area contributed by atoms with E-state index < -0.39 is 10.8 Å². The highest BCUT2D eigenvalue weighted by Crippen LogP contribution is 2.22. The highest BCUT2D eigenvalue weighted by atomic mass is 79.9. The molecule has 0 aliphatic heterocycles. The largest absolute Gasteiger partial charge is 0.273 e. The number of anilines is 1. The number of nitrogens with zero attached hydrogens (tertiary/aromatic N) is 2. The van der Waals surface area contributed by atoms with Crippen molar-refractivity contribution in [1.29, 1.82) is 0 Å². The Kier molecular flexibility index (Phi) is 4.11. The maximum absolute atomic E-state index is 12.2. The van der Waals surface area contributed by atoms with Crippen LogP contribution in [0.15, 0.2) is 53.0 Å². The molecule has 1 amide bonds. The highest BCUT2D eigenvalue weighted by molar-refractivity contribution is 9.10. The van der Waals surface area contributed by atoms with Gasteiger partial charge in [-0.05, 0) is 40.2 Å². The summed E-state index contributed by atoms with van der Waals surface area (Å²) in [7, 11) is 0. The number of halogens is 1. The average Bonchev–Trinajstić information content (AvgIpc) is 2.46. The van der Waals surface area contributed by atoms with Gasteiger partial charge < -0.3 is 0 Å². The van der Waals surface area contributed by atoms with E-state index in [0.717, 1.165) is 5.01 Å². The quantitative estimate of drug-likeness (QED) is 0.404. The van der Waals surface area contributed by atoms with Crippen LogP contribution in [0.5, 0.6) is 0 Å². The van der Waals surface area contributed by atoms with Crippen LogP contribution in [-0.2, 0) is 0 Å². The molecule has 0 fully saturated rings. The fourth-order valence-electron chi connectivity index (χ4n) is 1.62. The lowest BCUT2D eigenvalue weighted by Crippen LogP contribution is -2.37. The lowest BCUT2D eigenvalue weighted by Gasteiger charge is -2.17. The molecule has 0 bridgehead atoms. The molecular weight excluding hydrogens is 326 g/mol. The van der Waals surface area contributed by atoms with E-state index >= 15 is 0 Å². The van der Waals surface area contributed by atoms with Crippen molar-refractivity contribution in [3.8, 4) is 0 Å². The Labute approximate surface area is 123 Å². The van der Waals surface area contributed by atoms with Crippen molar-refractivity contribution < 1.29 is 9.72 Å². The van der Waals surface area contributed by atoms with Crippen molar-refractivity contribution in [3.63, 3.8) is 0 Å². The predicted molar refractivity (Wildman–Crippen MR) is 78.2 cm³/mol. The summed E-state index contributed by atoms with van der Waals surface area (Å²) < 4.78 is 0.627. The van der Waals surface area contributed by atoms with Crippen molar-refractivity contribution in [2.24, 2.45) is 5.84 Å². The van der Waals surface area contributed by atoms with Gasteiger partial charge in [0.05, 0.1) is 16.2 Å². The third-order valence-corrected chi connectivity index (χ3v) is 3.35. The fraction of sp³-hybridized carbons (Fsp3) is 0. The van der Waals surface area contributed by atoms with E-state index in [-0.39, 0.29) is 5.69 Å². The van der Waals surface area contributed by atoms with Crippen molar-refractivity contribution in [3.05, 3.63) is 68.7 Å². The molecule has 0 aliphatic carbocycles. The van der Waals surface area contributed by atoms with Crippen molar-refractivity contribution in [2.75, 3.05) is 5.01 Å². The topological polar surface area (TPSA) is 89.5 Å². The third kappa shape index (κ3) is 2.84. The molecule has 0 heterocycles. The molecule has 0 aliphatic rings. The van der Waals surface area contributed by atoms with Crippen LogP contribution in [0.3, 0.4) is 0 Å². The summed E-state index contributed by atoms with van der Waals surface area (Å²) in [6, 6.07) is 12.3. The van der Waals surface area contributed by atoms with Gasteiger partial charge in [0.15, 0.2) is 0 Å². The summed E-state index contributed by atoms with van der Waals surface area (Å²) in [6.45, 7) is 0. The van der Waals surface area contributed by atoms with Crippen LogP contribution in [0.4, 0.5) is 11.4 Å². The second kappa shape index (κ2) is 5.81. The lowest BCUT2D eigenvalue weighted by molar-refractivity contribution is -0.384. The molecule has 0 radical (unpaired) electrons. The van der Waals surface area contributed by atoms with Gasteiger partial charge in [-0.1, -0.05) is 12.1 Å². The second-order valence-electron chi connectivity index (χ2n) is 3.93. The zero-order valence-corrected chi connectivity index (χ0v) is 11.8. The zero-order valence-electron chi connectivity index (χ0n) is 10.2. The molecular formula is C13H10BrN3O3. The summed E-state index contributed by atoms with van der Waals surface area (Å²) in [5.74, 6) is 5.35. The number of non-ortho nitro benzene ring substituents is 1. The molecule has 0 spiro atoms. The first-order valence-electron chi connectivity index (χ1n) is 5.59. The van der Waals surface area contributed by atoms with E-state index in [1.165, 1.54) is 24.3 Å². The van der Waals surface area contributed by atoms with Crippen molar-refractivity contribution in [2.45, 2.75) is 0 Å². The molecule has 2 rings (SSSR count). The monoisotopic (exact) mass is 335 g/mol. The third-order valence-electron chi connectivity index (χ3n) is 2.66. The fourth-order valence-corrected chi connectivity index (χ4v) is 2.07. The number of carbonyl (C=O) groups excluding carboxylic acids is 1. The summed E-state index contributed by atoms with van der Waals surface area (Å²) in [6.07, 6.45) is 0. The number of hydrogen-bond acceptors (Lipinski definition) is 4. The molecule has 6 nitrogen and oxygen atoms in total. The minimum atomic E-state index is -0.514. The highest BCUT2D eigenvalue weighted by Gasteiger charge is 2.17. The predicted octanol–water partition coefficient (Wildman–Crippen LogP) is 2.88. The Hall–Kier alpha value is -2.25. The number of amides is 1.